The normalized spacial score (nSPS) is 14.1. The van der Waals surface area contributed by atoms with E-state index < -0.39 is 0 Å². The molecule has 0 saturated heterocycles. The Bertz CT molecular complexity index is 254. The molecule has 0 amide bonds. The molecule has 13 heavy (non-hydrogen) atoms. The van der Waals surface area contributed by atoms with Crippen LogP contribution in [0, 0.1) is 11.3 Å². The van der Waals surface area contributed by atoms with Crippen LogP contribution in [0.25, 0.3) is 0 Å². The van der Waals surface area contributed by atoms with Gasteiger partial charge in [-0.05, 0) is 17.5 Å². The highest BCUT2D eigenvalue weighted by atomic mass is 16.3. The van der Waals surface area contributed by atoms with E-state index in [4.69, 9.17) is 4.42 Å². The van der Waals surface area contributed by atoms with Crippen LogP contribution >= 0.6 is 0 Å². The summed E-state index contributed by atoms with van der Waals surface area (Å²) >= 11 is 0. The van der Waals surface area contributed by atoms with Gasteiger partial charge in [0.15, 0.2) is 0 Å². The fourth-order valence-corrected chi connectivity index (χ4v) is 1.20. The number of carbonyl (C=O) groups is 1. The maximum Gasteiger partial charge on any atom is 0.124 e. The van der Waals surface area contributed by atoms with Crippen molar-refractivity contribution in [2.75, 3.05) is 0 Å². The lowest BCUT2D eigenvalue weighted by atomic mass is 9.79. The number of aldehydes is 1. The lowest BCUT2D eigenvalue weighted by molar-refractivity contribution is -0.113. The third kappa shape index (κ3) is 2.72. The molecule has 1 heterocycles. The monoisotopic (exact) mass is 180 g/mol. The summed E-state index contributed by atoms with van der Waals surface area (Å²) in [4.78, 5) is 10.8. The van der Waals surface area contributed by atoms with Crippen LogP contribution in [0.1, 0.15) is 26.5 Å². The largest absolute Gasteiger partial charge is 0.469 e. The molecule has 0 spiro atoms. The van der Waals surface area contributed by atoms with Gasteiger partial charge in [0.2, 0.25) is 0 Å². The van der Waals surface area contributed by atoms with Crippen molar-refractivity contribution in [3.8, 4) is 0 Å². The summed E-state index contributed by atoms with van der Waals surface area (Å²) in [6.07, 6.45) is 3.35. The van der Waals surface area contributed by atoms with Crippen molar-refractivity contribution in [3.63, 3.8) is 0 Å². The van der Waals surface area contributed by atoms with Gasteiger partial charge in [0.1, 0.15) is 12.0 Å². The minimum atomic E-state index is 0.00847. The summed E-state index contributed by atoms with van der Waals surface area (Å²) in [5, 5.41) is 0. The second-order valence-electron chi connectivity index (χ2n) is 4.39. The Kier molecular flexibility index (Phi) is 2.91. The number of carbonyl (C=O) groups excluding carboxylic acids is 1. The maximum absolute atomic E-state index is 10.8. The Labute approximate surface area is 78.9 Å². The number of rotatable bonds is 3. The van der Waals surface area contributed by atoms with Gasteiger partial charge in [-0.1, -0.05) is 20.8 Å². The van der Waals surface area contributed by atoms with E-state index in [0.717, 1.165) is 12.0 Å². The van der Waals surface area contributed by atoms with Crippen molar-refractivity contribution in [1.82, 2.24) is 0 Å². The van der Waals surface area contributed by atoms with Crippen LogP contribution in [0.3, 0.4) is 0 Å². The molecule has 1 atom stereocenters. The van der Waals surface area contributed by atoms with Gasteiger partial charge in [0.05, 0.1) is 6.26 Å². The summed E-state index contributed by atoms with van der Waals surface area (Å²) in [6, 6.07) is 3.75. The van der Waals surface area contributed by atoms with Crippen LogP contribution in [-0.2, 0) is 11.2 Å². The zero-order valence-electron chi connectivity index (χ0n) is 8.41. The number of furan rings is 1. The number of hydrogen-bond acceptors (Lipinski definition) is 2. The molecule has 72 valence electrons. The molecule has 0 N–H and O–H groups in total. The van der Waals surface area contributed by atoms with Crippen LogP contribution in [0.2, 0.25) is 0 Å². The molecule has 1 unspecified atom stereocenters. The molecule has 0 aliphatic heterocycles. The Morgan fingerprint density at radius 2 is 2.23 bits per heavy atom. The minimum absolute atomic E-state index is 0.00847. The van der Waals surface area contributed by atoms with E-state index in [1.54, 1.807) is 6.26 Å². The lowest BCUT2D eigenvalue weighted by Crippen LogP contribution is -2.23. The quantitative estimate of drug-likeness (QED) is 0.669. The van der Waals surface area contributed by atoms with Gasteiger partial charge in [0.25, 0.3) is 0 Å². The Morgan fingerprint density at radius 1 is 1.54 bits per heavy atom. The summed E-state index contributed by atoms with van der Waals surface area (Å²) < 4.78 is 5.20. The molecule has 0 bridgehead atoms. The molecule has 1 rings (SSSR count). The predicted octanol–water partition coefficient (Wildman–Crippen LogP) is 2.68. The highest BCUT2D eigenvalue weighted by molar-refractivity contribution is 5.55. The second kappa shape index (κ2) is 3.77. The fraction of sp³-hybridized carbons (Fsp3) is 0.545. The zero-order chi connectivity index (χ0) is 9.90. The lowest BCUT2D eigenvalue weighted by Gasteiger charge is -2.24. The first kappa shape index (κ1) is 10.0. The van der Waals surface area contributed by atoms with Gasteiger partial charge >= 0.3 is 0 Å². The van der Waals surface area contributed by atoms with E-state index in [1.165, 1.54) is 0 Å². The molecule has 2 nitrogen and oxygen atoms in total. The van der Waals surface area contributed by atoms with Crippen molar-refractivity contribution >= 4 is 6.29 Å². The maximum atomic E-state index is 10.8. The van der Waals surface area contributed by atoms with E-state index >= 15 is 0 Å². The molecule has 0 radical (unpaired) electrons. The molecular formula is C11H16O2. The standard InChI is InChI=1S/C11H16O2/c1-11(2,3)9(8-12)7-10-5-4-6-13-10/h4-6,8-9H,7H2,1-3H3. The van der Waals surface area contributed by atoms with Crippen molar-refractivity contribution in [3.05, 3.63) is 24.2 Å². The van der Waals surface area contributed by atoms with Gasteiger partial charge in [0, 0.05) is 12.3 Å². The smallest absolute Gasteiger partial charge is 0.124 e. The summed E-state index contributed by atoms with van der Waals surface area (Å²) in [5.74, 6) is 0.908. The highest BCUT2D eigenvalue weighted by Gasteiger charge is 2.24. The third-order valence-corrected chi connectivity index (χ3v) is 2.28. The van der Waals surface area contributed by atoms with Gasteiger partial charge in [-0.2, -0.15) is 0 Å². The molecule has 0 aliphatic rings. The highest BCUT2D eigenvalue weighted by Crippen LogP contribution is 2.27. The molecule has 0 fully saturated rings. The molecule has 0 saturated carbocycles. The molecule has 1 aromatic heterocycles. The van der Waals surface area contributed by atoms with E-state index in [2.05, 4.69) is 20.8 Å². The van der Waals surface area contributed by atoms with Crippen LogP contribution in [-0.4, -0.2) is 6.29 Å². The number of hydrogen-bond donors (Lipinski definition) is 0. The zero-order valence-corrected chi connectivity index (χ0v) is 8.41. The SMILES string of the molecule is CC(C)(C)C(C=O)Cc1ccco1. The second-order valence-corrected chi connectivity index (χ2v) is 4.39. The third-order valence-electron chi connectivity index (χ3n) is 2.28. The Hall–Kier alpha value is -1.05. The first-order valence-electron chi connectivity index (χ1n) is 4.51. The summed E-state index contributed by atoms with van der Waals surface area (Å²) in [5.41, 5.74) is 0.00847. The van der Waals surface area contributed by atoms with Crippen molar-refractivity contribution in [2.45, 2.75) is 27.2 Å². The van der Waals surface area contributed by atoms with Crippen molar-refractivity contribution in [1.29, 1.82) is 0 Å². The topological polar surface area (TPSA) is 30.2 Å². The first-order chi connectivity index (χ1) is 6.04. The van der Waals surface area contributed by atoms with E-state index in [9.17, 15) is 4.79 Å². The van der Waals surface area contributed by atoms with E-state index in [-0.39, 0.29) is 11.3 Å². The summed E-state index contributed by atoms with van der Waals surface area (Å²) in [6.45, 7) is 6.19. The molecule has 0 aliphatic carbocycles. The molecule has 0 aromatic carbocycles. The van der Waals surface area contributed by atoms with Gasteiger partial charge < -0.3 is 9.21 Å². The average Bonchev–Trinajstić information content (AvgIpc) is 2.49. The molecular weight excluding hydrogens is 164 g/mol. The van der Waals surface area contributed by atoms with Crippen molar-refractivity contribution in [2.24, 2.45) is 11.3 Å². The minimum Gasteiger partial charge on any atom is -0.469 e. The van der Waals surface area contributed by atoms with Crippen LogP contribution in [0.15, 0.2) is 22.8 Å². The Balaban J connectivity index is 2.66. The first-order valence-corrected chi connectivity index (χ1v) is 4.51. The van der Waals surface area contributed by atoms with Gasteiger partial charge in [-0.15, -0.1) is 0 Å². The van der Waals surface area contributed by atoms with Crippen LogP contribution < -0.4 is 0 Å². The predicted molar refractivity (Wildman–Crippen MR) is 51.4 cm³/mol. The van der Waals surface area contributed by atoms with Gasteiger partial charge in [-0.25, -0.2) is 0 Å². The molecule has 1 aromatic rings. The van der Waals surface area contributed by atoms with E-state index in [1.807, 2.05) is 12.1 Å². The summed E-state index contributed by atoms with van der Waals surface area (Å²) in [7, 11) is 0. The fourth-order valence-electron chi connectivity index (χ4n) is 1.20. The molecule has 2 heteroatoms. The van der Waals surface area contributed by atoms with Gasteiger partial charge in [-0.3, -0.25) is 0 Å². The van der Waals surface area contributed by atoms with Crippen LogP contribution in [0.5, 0.6) is 0 Å². The Morgan fingerprint density at radius 3 is 2.62 bits per heavy atom. The van der Waals surface area contributed by atoms with E-state index in [0.29, 0.717) is 6.42 Å². The average molecular weight is 180 g/mol. The van der Waals surface area contributed by atoms with Crippen molar-refractivity contribution < 1.29 is 9.21 Å². The van der Waals surface area contributed by atoms with Crippen LogP contribution in [0.4, 0.5) is 0 Å².